The number of aryl methyl sites for hydroxylation is 1. The minimum atomic E-state index is -0.425. The lowest BCUT2D eigenvalue weighted by Gasteiger charge is -2.05. The Morgan fingerprint density at radius 2 is 1.97 bits per heavy atom. The Morgan fingerprint density at radius 3 is 2.71 bits per heavy atom. The van der Waals surface area contributed by atoms with Crippen molar-refractivity contribution in [3.8, 4) is 17.0 Å². The molecular weight excluding hydrogens is 421 g/mol. The number of carbonyl (C=O) groups excluding carboxylic acids is 1. The topological polar surface area (TPSA) is 84.8 Å². The molecule has 2 aromatic heterocycles. The Kier molecular flexibility index (Phi) is 5.73. The summed E-state index contributed by atoms with van der Waals surface area (Å²) < 4.78 is 20.0. The Labute approximate surface area is 182 Å². The molecule has 4 rings (SSSR count). The van der Waals surface area contributed by atoms with Gasteiger partial charge in [0.15, 0.2) is 5.82 Å². The van der Waals surface area contributed by atoms with E-state index in [4.69, 9.17) is 16.3 Å². The maximum absolute atomic E-state index is 13.1. The van der Waals surface area contributed by atoms with Crippen molar-refractivity contribution < 1.29 is 13.9 Å². The van der Waals surface area contributed by atoms with E-state index in [0.717, 1.165) is 11.1 Å². The zero-order valence-electron chi connectivity index (χ0n) is 16.8. The molecule has 0 atom stereocenters. The SMILES string of the molecule is COc1ccccc1-c1cc(NC(=O)c2c(C)nn(Cc3ccc(F)cc3)c2Cl)n[nH]1. The number of ether oxygens (including phenoxy) is 1. The number of carbonyl (C=O) groups is 1. The highest BCUT2D eigenvalue weighted by Gasteiger charge is 2.21. The van der Waals surface area contributed by atoms with Gasteiger partial charge in [0.1, 0.15) is 16.7 Å². The van der Waals surface area contributed by atoms with Gasteiger partial charge >= 0.3 is 0 Å². The molecule has 0 spiro atoms. The zero-order valence-corrected chi connectivity index (χ0v) is 17.6. The van der Waals surface area contributed by atoms with Crippen LogP contribution in [0.5, 0.6) is 5.75 Å². The summed E-state index contributed by atoms with van der Waals surface area (Å²) in [6.07, 6.45) is 0. The van der Waals surface area contributed by atoms with Gasteiger partial charge < -0.3 is 10.1 Å². The van der Waals surface area contributed by atoms with Crippen LogP contribution in [0.4, 0.5) is 10.2 Å². The molecule has 0 bridgehead atoms. The number of nitrogens with zero attached hydrogens (tertiary/aromatic N) is 3. The number of halogens is 2. The van der Waals surface area contributed by atoms with E-state index in [0.29, 0.717) is 29.5 Å². The van der Waals surface area contributed by atoms with E-state index >= 15 is 0 Å². The van der Waals surface area contributed by atoms with E-state index in [1.165, 1.54) is 16.8 Å². The molecule has 0 aliphatic rings. The first-order valence-electron chi connectivity index (χ1n) is 9.43. The van der Waals surface area contributed by atoms with Crippen LogP contribution in [0.1, 0.15) is 21.6 Å². The second-order valence-electron chi connectivity index (χ2n) is 6.86. The van der Waals surface area contributed by atoms with E-state index in [9.17, 15) is 9.18 Å². The number of para-hydroxylation sites is 1. The van der Waals surface area contributed by atoms with Gasteiger partial charge in [0.25, 0.3) is 5.91 Å². The minimum absolute atomic E-state index is 0.194. The average Bonchev–Trinajstić information content (AvgIpc) is 3.33. The maximum atomic E-state index is 13.1. The lowest BCUT2D eigenvalue weighted by molar-refractivity contribution is 0.102. The first kappa shape index (κ1) is 20.6. The predicted octanol–water partition coefficient (Wildman–Crippen LogP) is 4.68. The average molecular weight is 440 g/mol. The highest BCUT2D eigenvalue weighted by molar-refractivity contribution is 6.33. The fourth-order valence-electron chi connectivity index (χ4n) is 3.25. The minimum Gasteiger partial charge on any atom is -0.496 e. The van der Waals surface area contributed by atoms with Crippen LogP contribution in [0.3, 0.4) is 0 Å². The van der Waals surface area contributed by atoms with Crippen molar-refractivity contribution >= 4 is 23.3 Å². The van der Waals surface area contributed by atoms with Gasteiger partial charge in [0.05, 0.1) is 30.6 Å². The number of benzene rings is 2. The molecule has 2 aromatic carbocycles. The molecule has 0 aliphatic heterocycles. The third kappa shape index (κ3) is 4.29. The second-order valence-corrected chi connectivity index (χ2v) is 7.21. The van der Waals surface area contributed by atoms with Crippen molar-refractivity contribution in [1.82, 2.24) is 20.0 Å². The normalized spacial score (nSPS) is 10.8. The third-order valence-electron chi connectivity index (χ3n) is 4.75. The number of hydrogen-bond acceptors (Lipinski definition) is 4. The van der Waals surface area contributed by atoms with E-state index < -0.39 is 5.91 Å². The molecule has 31 heavy (non-hydrogen) atoms. The molecule has 2 heterocycles. The number of rotatable bonds is 6. The van der Waals surface area contributed by atoms with Gasteiger partial charge in [0, 0.05) is 11.6 Å². The Balaban J connectivity index is 1.53. The molecule has 0 fully saturated rings. The number of hydrogen-bond donors (Lipinski definition) is 2. The summed E-state index contributed by atoms with van der Waals surface area (Å²) in [6, 6.07) is 15.2. The van der Waals surface area contributed by atoms with Crippen LogP contribution in [0.25, 0.3) is 11.3 Å². The number of methoxy groups -OCH3 is 1. The van der Waals surface area contributed by atoms with Crippen molar-refractivity contribution in [2.45, 2.75) is 13.5 Å². The van der Waals surface area contributed by atoms with E-state index in [-0.39, 0.29) is 16.5 Å². The molecule has 7 nitrogen and oxygen atoms in total. The van der Waals surface area contributed by atoms with Gasteiger partial charge in [-0.3, -0.25) is 9.89 Å². The van der Waals surface area contributed by atoms with Gasteiger partial charge in [-0.25, -0.2) is 9.07 Å². The molecule has 0 radical (unpaired) electrons. The molecule has 158 valence electrons. The first-order valence-corrected chi connectivity index (χ1v) is 9.81. The molecule has 0 aliphatic carbocycles. The highest BCUT2D eigenvalue weighted by Crippen LogP contribution is 2.29. The Hall–Kier alpha value is -3.65. The molecule has 0 unspecified atom stereocenters. The van der Waals surface area contributed by atoms with Gasteiger partial charge in [0.2, 0.25) is 0 Å². The van der Waals surface area contributed by atoms with E-state index in [1.54, 1.807) is 32.2 Å². The quantitative estimate of drug-likeness (QED) is 0.456. The smallest absolute Gasteiger partial charge is 0.261 e. The number of aromatic amines is 1. The number of H-pyrrole nitrogens is 1. The van der Waals surface area contributed by atoms with Crippen LogP contribution in [0.15, 0.2) is 54.6 Å². The zero-order chi connectivity index (χ0) is 22.0. The molecule has 9 heteroatoms. The van der Waals surface area contributed by atoms with Gasteiger partial charge in [-0.2, -0.15) is 10.2 Å². The lowest BCUT2D eigenvalue weighted by atomic mass is 10.1. The summed E-state index contributed by atoms with van der Waals surface area (Å²) in [4.78, 5) is 12.9. The van der Waals surface area contributed by atoms with Crippen molar-refractivity contribution in [1.29, 1.82) is 0 Å². The van der Waals surface area contributed by atoms with Crippen LogP contribution in [-0.2, 0) is 6.54 Å². The second kappa shape index (κ2) is 8.61. The lowest BCUT2D eigenvalue weighted by Crippen LogP contribution is -2.13. The molecule has 2 N–H and O–H groups in total. The molecule has 0 saturated heterocycles. The van der Waals surface area contributed by atoms with Crippen LogP contribution in [0.2, 0.25) is 5.15 Å². The summed E-state index contributed by atoms with van der Waals surface area (Å²) in [6.45, 7) is 2.01. The number of amides is 1. The fourth-order valence-corrected chi connectivity index (χ4v) is 3.57. The highest BCUT2D eigenvalue weighted by atomic mass is 35.5. The summed E-state index contributed by atoms with van der Waals surface area (Å²) in [5.41, 5.74) is 3.06. The van der Waals surface area contributed by atoms with Gasteiger partial charge in [-0.1, -0.05) is 35.9 Å². The first-order chi connectivity index (χ1) is 15.0. The summed E-state index contributed by atoms with van der Waals surface area (Å²) in [5, 5.41) is 14.3. The van der Waals surface area contributed by atoms with Gasteiger partial charge in [-0.15, -0.1) is 0 Å². The predicted molar refractivity (Wildman–Crippen MR) is 116 cm³/mol. The summed E-state index contributed by atoms with van der Waals surface area (Å²) in [7, 11) is 1.59. The maximum Gasteiger partial charge on any atom is 0.261 e. The van der Waals surface area contributed by atoms with Crippen molar-refractivity contribution in [2.24, 2.45) is 0 Å². The number of nitrogens with one attached hydrogen (secondary N) is 2. The summed E-state index contributed by atoms with van der Waals surface area (Å²) in [5.74, 6) is 0.279. The van der Waals surface area contributed by atoms with E-state index in [2.05, 4.69) is 20.6 Å². The van der Waals surface area contributed by atoms with E-state index in [1.807, 2.05) is 24.3 Å². The summed E-state index contributed by atoms with van der Waals surface area (Å²) >= 11 is 6.43. The Bertz CT molecular complexity index is 1230. The van der Waals surface area contributed by atoms with Crippen molar-refractivity contribution in [3.05, 3.63) is 82.4 Å². The standard InChI is InChI=1S/C22H19ClFN5O2/c1-13-20(21(23)29(28-13)12-14-7-9-15(24)10-8-14)22(30)25-19-11-17(26-27-19)16-5-3-4-6-18(16)31-2/h3-11H,12H2,1-2H3,(H2,25,26,27,30). The Morgan fingerprint density at radius 1 is 1.23 bits per heavy atom. The largest absolute Gasteiger partial charge is 0.496 e. The van der Waals surface area contributed by atoms with Crippen LogP contribution in [0, 0.1) is 12.7 Å². The number of aromatic nitrogens is 4. The van der Waals surface area contributed by atoms with Crippen LogP contribution in [-0.4, -0.2) is 33.0 Å². The van der Waals surface area contributed by atoms with Crippen molar-refractivity contribution in [3.63, 3.8) is 0 Å². The molecule has 0 saturated carbocycles. The monoisotopic (exact) mass is 439 g/mol. The van der Waals surface area contributed by atoms with Crippen molar-refractivity contribution in [2.75, 3.05) is 12.4 Å². The number of anilines is 1. The molecule has 4 aromatic rings. The third-order valence-corrected chi connectivity index (χ3v) is 5.14. The molecular formula is C22H19ClFN5O2. The fraction of sp³-hybridized carbons (Fsp3) is 0.136. The van der Waals surface area contributed by atoms with Gasteiger partial charge in [-0.05, 0) is 36.8 Å². The van der Waals surface area contributed by atoms with Crippen LogP contribution >= 0.6 is 11.6 Å². The van der Waals surface area contributed by atoms with Crippen LogP contribution < -0.4 is 10.1 Å². The molecule has 1 amide bonds.